The summed E-state index contributed by atoms with van der Waals surface area (Å²) in [6.45, 7) is 8.55. The molecule has 1 saturated heterocycles. The lowest BCUT2D eigenvalue weighted by atomic mass is 10.2. The van der Waals surface area contributed by atoms with E-state index in [1.54, 1.807) is 18.3 Å². The fourth-order valence-electron chi connectivity index (χ4n) is 4.40. The van der Waals surface area contributed by atoms with Gasteiger partial charge in [-0.2, -0.15) is 0 Å². The number of nitrogens with zero attached hydrogens (tertiary/aromatic N) is 6. The largest absolute Gasteiger partial charge is 0.488 e. The Labute approximate surface area is 216 Å². The molecule has 10 heteroatoms. The first-order valence-corrected chi connectivity index (χ1v) is 12.7. The van der Waals surface area contributed by atoms with Crippen LogP contribution in [0, 0.1) is 0 Å². The molecule has 2 aliphatic heterocycles. The third kappa shape index (κ3) is 6.15. The Hall–Kier alpha value is -3.76. The highest BCUT2D eigenvalue weighted by atomic mass is 16.5. The molecule has 0 spiro atoms. The van der Waals surface area contributed by atoms with Crippen LogP contribution in [0.3, 0.4) is 0 Å². The Morgan fingerprint density at radius 1 is 0.865 bits per heavy atom. The second kappa shape index (κ2) is 12.0. The fourth-order valence-corrected chi connectivity index (χ4v) is 4.40. The zero-order valence-electron chi connectivity index (χ0n) is 21.1. The van der Waals surface area contributed by atoms with E-state index in [4.69, 9.17) is 14.2 Å². The molecule has 194 valence electrons. The van der Waals surface area contributed by atoms with Gasteiger partial charge in [0.25, 0.3) is 5.91 Å². The van der Waals surface area contributed by atoms with Crippen molar-refractivity contribution in [3.63, 3.8) is 0 Å². The second-order valence-corrected chi connectivity index (χ2v) is 8.91. The highest BCUT2D eigenvalue weighted by molar-refractivity contribution is 5.96. The van der Waals surface area contributed by atoms with Crippen molar-refractivity contribution < 1.29 is 19.0 Å². The van der Waals surface area contributed by atoms with Crippen molar-refractivity contribution >= 4 is 11.9 Å². The molecule has 4 heterocycles. The molecule has 0 unspecified atom stereocenters. The number of likely N-dealkylation sites (N-methyl/N-ethyl adjacent to an activating group) is 1. The van der Waals surface area contributed by atoms with E-state index < -0.39 is 0 Å². The van der Waals surface area contributed by atoms with Crippen LogP contribution in [0.25, 0.3) is 0 Å². The van der Waals surface area contributed by atoms with Crippen LogP contribution < -0.4 is 14.4 Å². The van der Waals surface area contributed by atoms with Gasteiger partial charge < -0.3 is 24.0 Å². The van der Waals surface area contributed by atoms with Gasteiger partial charge in [-0.15, -0.1) is 0 Å². The molecule has 10 nitrogen and oxygen atoms in total. The van der Waals surface area contributed by atoms with Gasteiger partial charge in [-0.1, -0.05) is 12.1 Å². The van der Waals surface area contributed by atoms with Gasteiger partial charge in [0, 0.05) is 70.0 Å². The summed E-state index contributed by atoms with van der Waals surface area (Å²) in [5.74, 6) is 2.02. The molecule has 0 aliphatic carbocycles. The smallest absolute Gasteiger partial charge is 0.259 e. The van der Waals surface area contributed by atoms with Crippen LogP contribution >= 0.6 is 0 Å². The van der Waals surface area contributed by atoms with E-state index in [1.807, 2.05) is 48.5 Å². The lowest BCUT2D eigenvalue weighted by molar-refractivity contribution is 0.0736. The first-order valence-electron chi connectivity index (χ1n) is 12.7. The van der Waals surface area contributed by atoms with Crippen molar-refractivity contribution in [3.8, 4) is 17.4 Å². The number of ether oxygens (including phenoxy) is 3. The molecule has 2 aliphatic rings. The van der Waals surface area contributed by atoms with E-state index in [1.165, 1.54) is 0 Å². The topological polar surface area (TPSA) is 93.2 Å². The standard InChI is InChI=1S/C27H32N6O4/c1-2-32-11-10-31(20-21-18-29-27(30-19-21)33-13-15-35-16-14-33)12-17-36-23-7-3-4-8-24(23)37-25-22(26(32)34)6-5-9-28-25/h3-9,18-19H,2,10-17,20H2,1H3. The van der Waals surface area contributed by atoms with E-state index >= 15 is 0 Å². The molecule has 37 heavy (non-hydrogen) atoms. The third-order valence-corrected chi connectivity index (χ3v) is 6.47. The molecule has 0 bridgehead atoms. The van der Waals surface area contributed by atoms with Crippen LogP contribution in [-0.4, -0.2) is 89.7 Å². The highest BCUT2D eigenvalue weighted by Gasteiger charge is 2.22. The number of hydrogen-bond acceptors (Lipinski definition) is 9. The number of anilines is 1. The molecule has 0 radical (unpaired) electrons. The van der Waals surface area contributed by atoms with E-state index in [0.717, 1.165) is 24.6 Å². The van der Waals surface area contributed by atoms with Crippen molar-refractivity contribution in [1.29, 1.82) is 0 Å². The Balaban J connectivity index is 1.36. The Bertz CT molecular complexity index is 1190. The van der Waals surface area contributed by atoms with Gasteiger partial charge >= 0.3 is 0 Å². The summed E-state index contributed by atoms with van der Waals surface area (Å²) >= 11 is 0. The maximum Gasteiger partial charge on any atom is 0.259 e. The molecule has 5 rings (SSSR count). The Morgan fingerprint density at radius 3 is 2.43 bits per heavy atom. The van der Waals surface area contributed by atoms with Crippen molar-refractivity contribution in [2.75, 3.05) is 64.0 Å². The number of carbonyl (C=O) groups excluding carboxylic acids is 1. The van der Waals surface area contributed by atoms with E-state index in [-0.39, 0.29) is 11.8 Å². The van der Waals surface area contributed by atoms with Crippen LogP contribution in [0.1, 0.15) is 22.8 Å². The summed E-state index contributed by atoms with van der Waals surface area (Å²) in [6.07, 6.45) is 5.39. The number of carbonyl (C=O) groups is 1. The number of amides is 1. The minimum Gasteiger partial charge on any atom is -0.488 e. The maximum absolute atomic E-state index is 13.5. The minimum absolute atomic E-state index is 0.110. The fraction of sp³-hybridized carbons (Fsp3) is 0.407. The average molecular weight is 505 g/mol. The van der Waals surface area contributed by atoms with Crippen LogP contribution in [0.15, 0.2) is 55.0 Å². The van der Waals surface area contributed by atoms with Gasteiger partial charge in [-0.3, -0.25) is 9.69 Å². The number of benzene rings is 1. The lowest BCUT2D eigenvalue weighted by Crippen LogP contribution is -2.40. The molecule has 1 amide bonds. The minimum atomic E-state index is -0.110. The van der Waals surface area contributed by atoms with Gasteiger partial charge in [-0.05, 0) is 31.2 Å². The Morgan fingerprint density at radius 2 is 1.65 bits per heavy atom. The van der Waals surface area contributed by atoms with E-state index in [0.29, 0.717) is 69.6 Å². The quantitative estimate of drug-likeness (QED) is 0.532. The van der Waals surface area contributed by atoms with Gasteiger partial charge in [-0.25, -0.2) is 15.0 Å². The number of hydrogen-bond donors (Lipinski definition) is 0. The van der Waals surface area contributed by atoms with Crippen LogP contribution in [0.4, 0.5) is 5.95 Å². The second-order valence-electron chi connectivity index (χ2n) is 8.91. The summed E-state index contributed by atoms with van der Waals surface area (Å²) in [5.41, 5.74) is 1.44. The predicted molar refractivity (Wildman–Crippen MR) is 138 cm³/mol. The third-order valence-electron chi connectivity index (χ3n) is 6.47. The van der Waals surface area contributed by atoms with Gasteiger partial charge in [0.2, 0.25) is 11.8 Å². The zero-order valence-corrected chi connectivity index (χ0v) is 21.1. The molecular weight excluding hydrogens is 472 g/mol. The summed E-state index contributed by atoms with van der Waals surface area (Å²) in [5, 5.41) is 0. The van der Waals surface area contributed by atoms with Crippen LogP contribution in [0.5, 0.6) is 17.4 Å². The number of para-hydroxylation sites is 2. The number of morpholine rings is 1. The summed E-state index contributed by atoms with van der Waals surface area (Å²) < 4.78 is 17.6. The zero-order chi connectivity index (χ0) is 25.5. The van der Waals surface area contributed by atoms with Gasteiger partial charge in [0.15, 0.2) is 11.5 Å². The monoisotopic (exact) mass is 504 g/mol. The van der Waals surface area contributed by atoms with Crippen LogP contribution in [-0.2, 0) is 11.3 Å². The number of aromatic nitrogens is 3. The summed E-state index contributed by atoms with van der Waals surface area (Å²) in [7, 11) is 0. The first-order chi connectivity index (χ1) is 18.2. The molecule has 3 aromatic rings. The van der Waals surface area contributed by atoms with Crippen molar-refractivity contribution in [2.45, 2.75) is 13.5 Å². The molecular formula is C27H32N6O4. The van der Waals surface area contributed by atoms with Crippen LogP contribution in [0.2, 0.25) is 0 Å². The van der Waals surface area contributed by atoms with Crippen molar-refractivity contribution in [1.82, 2.24) is 24.8 Å². The molecule has 2 aromatic heterocycles. The summed E-state index contributed by atoms with van der Waals surface area (Å²) in [4.78, 5) is 33.2. The molecule has 0 saturated carbocycles. The van der Waals surface area contributed by atoms with Crippen molar-refractivity contribution in [3.05, 3.63) is 66.1 Å². The number of fused-ring (bicyclic) bond motifs is 2. The van der Waals surface area contributed by atoms with E-state index in [2.05, 4.69) is 24.8 Å². The summed E-state index contributed by atoms with van der Waals surface area (Å²) in [6, 6.07) is 11.0. The molecule has 0 N–H and O–H groups in total. The maximum atomic E-state index is 13.5. The number of rotatable bonds is 4. The van der Waals surface area contributed by atoms with Gasteiger partial charge in [0.05, 0.1) is 13.2 Å². The molecule has 0 atom stereocenters. The first kappa shape index (κ1) is 24.9. The Kier molecular flexibility index (Phi) is 8.07. The van der Waals surface area contributed by atoms with Gasteiger partial charge in [0.1, 0.15) is 12.2 Å². The van der Waals surface area contributed by atoms with E-state index in [9.17, 15) is 4.79 Å². The normalized spacial score (nSPS) is 17.4. The highest BCUT2D eigenvalue weighted by Crippen LogP contribution is 2.32. The average Bonchev–Trinajstić information content (AvgIpc) is 2.95. The molecule has 1 fully saturated rings. The molecule has 1 aromatic carbocycles. The lowest BCUT2D eigenvalue weighted by Gasteiger charge is -2.28. The predicted octanol–water partition coefficient (Wildman–Crippen LogP) is 2.86. The number of pyridine rings is 1. The van der Waals surface area contributed by atoms with Crippen molar-refractivity contribution in [2.24, 2.45) is 0 Å². The SMILES string of the molecule is CCN1CCN(Cc2cnc(N3CCOCC3)nc2)CCOc2ccccc2Oc2ncccc2C1=O.